The van der Waals surface area contributed by atoms with E-state index >= 15 is 0 Å². The summed E-state index contributed by atoms with van der Waals surface area (Å²) in [5.41, 5.74) is 2.48. The third kappa shape index (κ3) is 3.42. The van der Waals surface area contributed by atoms with Gasteiger partial charge in [-0.25, -0.2) is 4.39 Å². The van der Waals surface area contributed by atoms with E-state index in [9.17, 15) is 9.18 Å². The van der Waals surface area contributed by atoms with Crippen molar-refractivity contribution >= 4 is 16.7 Å². The number of hydrogen-bond donors (Lipinski definition) is 2. The van der Waals surface area contributed by atoms with Crippen molar-refractivity contribution in [2.45, 2.75) is 19.5 Å². The maximum atomic E-state index is 13.9. The normalized spacial score (nSPS) is 13.6. The van der Waals surface area contributed by atoms with Crippen LogP contribution in [0.5, 0.6) is 5.75 Å². The lowest BCUT2D eigenvalue weighted by atomic mass is 10.0. The first-order chi connectivity index (χ1) is 12.0. The molecular weight excluding hydrogens is 319 g/mol. The lowest BCUT2D eigenvalue weighted by Crippen LogP contribution is -3.12. The van der Waals surface area contributed by atoms with E-state index in [0.29, 0.717) is 12.1 Å². The zero-order chi connectivity index (χ0) is 18.0. The SMILES string of the molecule is COc1ccc(C[NH+](C)[C@@H](C)C(=O)c2c[nH]c3ccccc23)cc1F. The molecule has 3 aromatic rings. The summed E-state index contributed by atoms with van der Waals surface area (Å²) in [6.45, 7) is 2.45. The highest BCUT2D eigenvalue weighted by atomic mass is 19.1. The van der Waals surface area contributed by atoms with Crippen molar-refractivity contribution < 1.29 is 18.8 Å². The van der Waals surface area contributed by atoms with Crippen LogP contribution >= 0.6 is 0 Å². The summed E-state index contributed by atoms with van der Waals surface area (Å²) in [5.74, 6) is -0.0864. The summed E-state index contributed by atoms with van der Waals surface area (Å²) >= 11 is 0. The highest BCUT2D eigenvalue weighted by Gasteiger charge is 2.25. The van der Waals surface area contributed by atoms with E-state index < -0.39 is 0 Å². The molecule has 0 aliphatic rings. The zero-order valence-corrected chi connectivity index (χ0v) is 14.6. The molecule has 130 valence electrons. The Kier molecular flexibility index (Phi) is 4.86. The van der Waals surface area contributed by atoms with Crippen molar-refractivity contribution in [2.75, 3.05) is 14.2 Å². The maximum Gasteiger partial charge on any atom is 0.221 e. The third-order valence-electron chi connectivity index (χ3n) is 4.69. The van der Waals surface area contributed by atoms with Gasteiger partial charge in [0.05, 0.1) is 14.2 Å². The smallest absolute Gasteiger partial charge is 0.221 e. The van der Waals surface area contributed by atoms with E-state index in [1.54, 1.807) is 12.3 Å². The van der Waals surface area contributed by atoms with Gasteiger partial charge >= 0.3 is 0 Å². The van der Waals surface area contributed by atoms with Gasteiger partial charge in [-0.15, -0.1) is 0 Å². The van der Waals surface area contributed by atoms with Gasteiger partial charge < -0.3 is 14.6 Å². The standard InChI is InChI=1S/C20H21FN2O2/c1-13(20(24)16-11-22-18-7-5-4-6-15(16)18)23(2)12-14-8-9-19(25-3)17(21)10-14/h4-11,13,22H,12H2,1-3H3/p+1/t13-/m0/s1. The van der Waals surface area contributed by atoms with Gasteiger partial charge in [-0.3, -0.25) is 4.79 Å². The fourth-order valence-electron chi connectivity index (χ4n) is 3.03. The number of benzene rings is 2. The van der Waals surface area contributed by atoms with Crippen molar-refractivity contribution in [2.24, 2.45) is 0 Å². The van der Waals surface area contributed by atoms with Gasteiger partial charge in [0.15, 0.2) is 11.6 Å². The van der Waals surface area contributed by atoms with E-state index in [4.69, 9.17) is 4.74 Å². The number of carbonyl (C=O) groups excluding carboxylic acids is 1. The fraction of sp³-hybridized carbons (Fsp3) is 0.250. The van der Waals surface area contributed by atoms with Gasteiger partial charge in [-0.1, -0.05) is 18.2 Å². The molecule has 0 radical (unpaired) electrons. The van der Waals surface area contributed by atoms with E-state index in [2.05, 4.69) is 4.98 Å². The van der Waals surface area contributed by atoms with Crippen LogP contribution in [0.1, 0.15) is 22.8 Å². The lowest BCUT2D eigenvalue weighted by molar-refractivity contribution is -0.907. The Morgan fingerprint density at radius 3 is 2.76 bits per heavy atom. The summed E-state index contributed by atoms with van der Waals surface area (Å²) in [5, 5.41) is 0.933. The second-order valence-corrected chi connectivity index (χ2v) is 6.33. The molecule has 0 saturated heterocycles. The minimum absolute atomic E-state index is 0.0731. The molecule has 25 heavy (non-hydrogen) atoms. The number of H-pyrrole nitrogens is 1. The summed E-state index contributed by atoms with van der Waals surface area (Å²) in [7, 11) is 3.39. The molecule has 2 N–H and O–H groups in total. The van der Waals surface area contributed by atoms with E-state index in [-0.39, 0.29) is 23.4 Å². The van der Waals surface area contributed by atoms with Crippen molar-refractivity contribution in [3.05, 3.63) is 65.6 Å². The number of quaternary nitrogens is 1. The summed E-state index contributed by atoms with van der Waals surface area (Å²) < 4.78 is 18.8. The first kappa shape index (κ1) is 17.2. The molecule has 1 heterocycles. The number of ketones is 1. The molecule has 0 amide bonds. The Balaban J connectivity index is 1.76. The van der Waals surface area contributed by atoms with Gasteiger partial charge in [0, 0.05) is 28.2 Å². The van der Waals surface area contributed by atoms with E-state index in [1.165, 1.54) is 13.2 Å². The molecule has 2 aromatic carbocycles. The third-order valence-corrected chi connectivity index (χ3v) is 4.69. The Hall–Kier alpha value is -2.66. The zero-order valence-electron chi connectivity index (χ0n) is 14.6. The molecular formula is C20H22FN2O2+. The highest BCUT2D eigenvalue weighted by Crippen LogP contribution is 2.19. The molecule has 2 atom stereocenters. The number of Topliss-reactive ketones (excluding diaryl/α,β-unsaturated/α-hetero) is 1. The fourth-order valence-corrected chi connectivity index (χ4v) is 3.03. The largest absolute Gasteiger partial charge is 0.494 e. The predicted octanol–water partition coefficient (Wildman–Crippen LogP) is 2.60. The summed E-state index contributed by atoms with van der Waals surface area (Å²) in [6, 6.07) is 12.4. The van der Waals surface area contributed by atoms with Gasteiger partial charge in [-0.05, 0) is 31.2 Å². The number of carbonyl (C=O) groups is 1. The van der Waals surface area contributed by atoms with E-state index in [0.717, 1.165) is 21.4 Å². The molecule has 0 aliphatic carbocycles. The molecule has 5 heteroatoms. The Morgan fingerprint density at radius 2 is 2.04 bits per heavy atom. The van der Waals surface area contributed by atoms with Crippen LogP contribution in [-0.4, -0.2) is 31.0 Å². The van der Waals surface area contributed by atoms with Crippen molar-refractivity contribution in [3.8, 4) is 5.75 Å². The second-order valence-electron chi connectivity index (χ2n) is 6.33. The Bertz CT molecular complexity index is 904. The maximum absolute atomic E-state index is 13.9. The second kappa shape index (κ2) is 7.07. The number of nitrogens with one attached hydrogen (secondary N) is 2. The number of halogens is 1. The first-order valence-corrected chi connectivity index (χ1v) is 8.26. The number of para-hydroxylation sites is 1. The van der Waals surface area contributed by atoms with Crippen LogP contribution in [0.2, 0.25) is 0 Å². The number of likely N-dealkylation sites (N-methyl/N-ethyl adjacent to an activating group) is 1. The molecule has 3 rings (SSSR count). The van der Waals surface area contributed by atoms with Gasteiger partial charge in [0.1, 0.15) is 12.6 Å². The topological polar surface area (TPSA) is 46.5 Å². The average Bonchev–Trinajstić information content (AvgIpc) is 3.04. The Morgan fingerprint density at radius 1 is 1.28 bits per heavy atom. The molecule has 0 aliphatic heterocycles. The first-order valence-electron chi connectivity index (χ1n) is 8.26. The number of hydrogen-bond acceptors (Lipinski definition) is 2. The van der Waals surface area contributed by atoms with Gasteiger partial charge in [0.2, 0.25) is 5.78 Å². The number of rotatable bonds is 6. The van der Waals surface area contributed by atoms with Crippen molar-refractivity contribution in [1.29, 1.82) is 0 Å². The van der Waals surface area contributed by atoms with Gasteiger partial charge in [0.25, 0.3) is 0 Å². The van der Waals surface area contributed by atoms with Crippen LogP contribution < -0.4 is 9.64 Å². The van der Waals surface area contributed by atoms with Gasteiger partial charge in [-0.2, -0.15) is 0 Å². The molecule has 1 aromatic heterocycles. The minimum atomic E-state index is -0.386. The number of aromatic amines is 1. The molecule has 0 spiro atoms. The average molecular weight is 341 g/mol. The van der Waals surface area contributed by atoms with Crippen LogP contribution in [0.4, 0.5) is 4.39 Å². The van der Waals surface area contributed by atoms with Crippen LogP contribution in [0, 0.1) is 5.82 Å². The Labute approximate surface area is 146 Å². The van der Waals surface area contributed by atoms with Crippen molar-refractivity contribution in [1.82, 2.24) is 4.98 Å². The quantitative estimate of drug-likeness (QED) is 0.677. The van der Waals surface area contributed by atoms with Crippen LogP contribution in [-0.2, 0) is 6.54 Å². The molecule has 0 fully saturated rings. The molecule has 0 bridgehead atoms. The van der Waals surface area contributed by atoms with Crippen LogP contribution in [0.15, 0.2) is 48.7 Å². The van der Waals surface area contributed by atoms with Crippen molar-refractivity contribution in [3.63, 3.8) is 0 Å². The van der Waals surface area contributed by atoms with E-state index in [1.807, 2.05) is 44.3 Å². The highest BCUT2D eigenvalue weighted by molar-refractivity contribution is 6.09. The van der Waals surface area contributed by atoms with Crippen LogP contribution in [0.3, 0.4) is 0 Å². The molecule has 4 nitrogen and oxygen atoms in total. The van der Waals surface area contributed by atoms with Crippen LogP contribution in [0.25, 0.3) is 10.9 Å². The summed E-state index contributed by atoms with van der Waals surface area (Å²) in [6.07, 6.45) is 1.77. The summed E-state index contributed by atoms with van der Waals surface area (Å²) in [4.78, 5) is 17.0. The molecule has 1 unspecified atom stereocenters. The molecule has 0 saturated carbocycles. The number of fused-ring (bicyclic) bond motifs is 1. The lowest BCUT2D eigenvalue weighted by Gasteiger charge is -2.20. The monoisotopic (exact) mass is 341 g/mol. The number of aromatic nitrogens is 1. The predicted molar refractivity (Wildman–Crippen MR) is 95.6 cm³/mol. The number of ether oxygens (including phenoxy) is 1. The number of methoxy groups -OCH3 is 1. The minimum Gasteiger partial charge on any atom is -0.494 e.